The van der Waals surface area contributed by atoms with Gasteiger partial charge in [0.05, 0.1) is 17.0 Å². The van der Waals surface area contributed by atoms with Gasteiger partial charge >= 0.3 is 6.18 Å². The van der Waals surface area contributed by atoms with Crippen LogP contribution in [0.15, 0.2) is 24.3 Å². The van der Waals surface area contributed by atoms with Crippen LogP contribution in [-0.4, -0.2) is 45.4 Å². The number of aromatic nitrogens is 2. The first-order valence-corrected chi connectivity index (χ1v) is 9.13. The second-order valence-corrected chi connectivity index (χ2v) is 7.93. The van der Waals surface area contributed by atoms with Gasteiger partial charge < -0.3 is 15.1 Å². The summed E-state index contributed by atoms with van der Waals surface area (Å²) in [6.07, 6.45) is -3.50. The van der Waals surface area contributed by atoms with Crippen LogP contribution in [0.5, 0.6) is 5.75 Å². The van der Waals surface area contributed by atoms with Gasteiger partial charge in [-0.15, -0.1) is 5.10 Å². The molecule has 28 heavy (non-hydrogen) atoms. The molecule has 0 bridgehead atoms. The number of nitrogens with zero attached hydrogens (tertiary/aromatic N) is 3. The maximum atomic E-state index is 12.8. The highest BCUT2D eigenvalue weighted by atomic mass is 19.4. The minimum Gasteiger partial charge on any atom is -0.507 e. The molecule has 1 aromatic heterocycles. The van der Waals surface area contributed by atoms with Crippen LogP contribution in [0.3, 0.4) is 0 Å². The molecule has 2 atom stereocenters. The minimum atomic E-state index is -4.53. The fourth-order valence-corrected chi connectivity index (χ4v) is 3.92. The lowest BCUT2D eigenvalue weighted by molar-refractivity contribution is -0.137. The fraction of sp³-hybridized carbons (Fsp3) is 0.500. The number of hydrogen-bond donors (Lipinski definition) is 2. The van der Waals surface area contributed by atoms with Crippen LogP contribution >= 0.6 is 0 Å². The third-order valence-corrected chi connectivity index (χ3v) is 5.44. The number of benzene rings is 1. The maximum absolute atomic E-state index is 12.8. The van der Waals surface area contributed by atoms with E-state index in [0.717, 1.165) is 32.0 Å². The Morgan fingerprint density at radius 1 is 1.21 bits per heavy atom. The average Bonchev–Trinajstić information content (AvgIpc) is 2.60. The molecule has 2 heterocycles. The zero-order chi connectivity index (χ0) is 20.7. The van der Waals surface area contributed by atoms with Crippen molar-refractivity contribution in [2.75, 3.05) is 20.1 Å². The predicted molar refractivity (Wildman–Crippen MR) is 98.7 cm³/mol. The third-order valence-electron chi connectivity index (χ3n) is 5.44. The molecule has 0 amide bonds. The van der Waals surface area contributed by atoms with Crippen molar-refractivity contribution in [1.82, 2.24) is 15.1 Å². The molecule has 2 aromatic rings. The Hall–Kier alpha value is -2.19. The van der Waals surface area contributed by atoms with Crippen molar-refractivity contribution < 1.29 is 23.4 Å². The number of phenolic OH excluding ortho intramolecular Hbond substituents is 1. The van der Waals surface area contributed by atoms with Crippen molar-refractivity contribution >= 4 is 0 Å². The van der Waals surface area contributed by atoms with Crippen molar-refractivity contribution in [3.63, 3.8) is 0 Å². The summed E-state index contributed by atoms with van der Waals surface area (Å²) in [6.45, 7) is 5.46. The summed E-state index contributed by atoms with van der Waals surface area (Å²) in [4.78, 5) is 2.17. The third kappa shape index (κ3) is 3.98. The molecule has 1 fully saturated rings. The van der Waals surface area contributed by atoms with Crippen molar-refractivity contribution in [3.05, 3.63) is 41.1 Å². The molecule has 8 heteroatoms. The van der Waals surface area contributed by atoms with Crippen LogP contribution in [0.4, 0.5) is 13.2 Å². The number of aryl methyl sites for hydroxylation is 1. The van der Waals surface area contributed by atoms with Gasteiger partial charge in [0.25, 0.3) is 0 Å². The van der Waals surface area contributed by atoms with Crippen LogP contribution in [0.1, 0.15) is 42.7 Å². The van der Waals surface area contributed by atoms with Crippen molar-refractivity contribution in [2.45, 2.75) is 39.0 Å². The molecular weight excluding hydrogens is 371 g/mol. The highest BCUT2D eigenvalue weighted by Crippen LogP contribution is 2.41. The smallest absolute Gasteiger partial charge is 0.416 e. The second-order valence-electron chi connectivity index (χ2n) is 7.93. The van der Waals surface area contributed by atoms with E-state index < -0.39 is 23.6 Å². The van der Waals surface area contributed by atoms with Gasteiger partial charge in [-0.05, 0) is 63.2 Å². The number of halogens is 3. The van der Waals surface area contributed by atoms with Crippen LogP contribution in [0.25, 0.3) is 11.3 Å². The topological polar surface area (TPSA) is 69.5 Å². The van der Waals surface area contributed by atoms with Crippen molar-refractivity contribution in [3.8, 4) is 17.0 Å². The molecule has 1 aliphatic rings. The summed E-state index contributed by atoms with van der Waals surface area (Å²) in [7, 11) is 2.01. The SMILES string of the molecule is Cc1cc([C@@H](O)C2(C)CCCN(C)C2)nnc1-c1ccc(C(F)(F)F)cc1O. The van der Waals surface area contributed by atoms with Gasteiger partial charge in [0.1, 0.15) is 11.9 Å². The summed E-state index contributed by atoms with van der Waals surface area (Å²) < 4.78 is 38.4. The van der Waals surface area contributed by atoms with Crippen molar-refractivity contribution in [1.29, 1.82) is 0 Å². The largest absolute Gasteiger partial charge is 0.507 e. The summed E-state index contributed by atoms with van der Waals surface area (Å²) in [5.74, 6) is -0.513. The molecule has 0 saturated carbocycles. The van der Waals surface area contributed by atoms with Crippen LogP contribution < -0.4 is 0 Å². The number of aliphatic hydroxyl groups excluding tert-OH is 1. The lowest BCUT2D eigenvalue weighted by Crippen LogP contribution is -2.43. The molecule has 5 nitrogen and oxygen atoms in total. The second kappa shape index (κ2) is 7.33. The quantitative estimate of drug-likeness (QED) is 0.824. The molecule has 0 aliphatic carbocycles. The average molecular weight is 395 g/mol. The molecular formula is C20H24F3N3O2. The molecule has 1 unspecified atom stereocenters. The molecule has 0 radical (unpaired) electrons. The summed E-state index contributed by atoms with van der Waals surface area (Å²) >= 11 is 0. The number of aliphatic hydroxyl groups is 1. The van der Waals surface area contributed by atoms with Gasteiger partial charge in [-0.25, -0.2) is 0 Å². The van der Waals surface area contributed by atoms with E-state index in [4.69, 9.17) is 0 Å². The first-order chi connectivity index (χ1) is 13.0. The number of aromatic hydroxyl groups is 1. The lowest BCUT2D eigenvalue weighted by atomic mass is 9.76. The number of phenols is 1. The Morgan fingerprint density at radius 2 is 1.93 bits per heavy atom. The Kier molecular flexibility index (Phi) is 5.38. The number of hydrogen-bond acceptors (Lipinski definition) is 5. The molecule has 1 aliphatic heterocycles. The monoisotopic (exact) mass is 395 g/mol. The standard InChI is InChI=1S/C20H24F3N3O2/c1-12-9-15(18(28)19(2)7-4-8-26(3)11-19)24-25-17(12)14-6-5-13(10-16(14)27)20(21,22)23/h5-6,9-10,18,27-28H,4,7-8,11H2,1-3H3/t18-,19?/m1/s1. The molecule has 2 N–H and O–H groups in total. The summed E-state index contributed by atoms with van der Waals surface area (Å²) in [5, 5.41) is 29.2. The highest BCUT2D eigenvalue weighted by Gasteiger charge is 2.38. The fourth-order valence-electron chi connectivity index (χ4n) is 3.92. The van der Waals surface area contributed by atoms with E-state index in [0.29, 0.717) is 17.3 Å². The lowest BCUT2D eigenvalue weighted by Gasteiger charge is -2.41. The number of piperidine rings is 1. The summed E-state index contributed by atoms with van der Waals surface area (Å²) in [6, 6.07) is 4.45. The van der Waals surface area contributed by atoms with Crippen LogP contribution in [0.2, 0.25) is 0 Å². The first-order valence-electron chi connectivity index (χ1n) is 9.13. The van der Waals surface area contributed by atoms with Crippen LogP contribution in [0, 0.1) is 12.3 Å². The van der Waals surface area contributed by atoms with Gasteiger partial charge in [-0.3, -0.25) is 0 Å². The first kappa shape index (κ1) is 20.5. The van der Waals surface area contributed by atoms with Crippen molar-refractivity contribution in [2.24, 2.45) is 5.41 Å². The van der Waals surface area contributed by atoms with E-state index >= 15 is 0 Å². The van der Waals surface area contributed by atoms with Gasteiger partial charge in [0.2, 0.25) is 0 Å². The van der Waals surface area contributed by atoms with Gasteiger partial charge in [-0.2, -0.15) is 18.3 Å². The van der Waals surface area contributed by atoms with E-state index in [1.54, 1.807) is 13.0 Å². The van der Waals surface area contributed by atoms with Crippen LogP contribution in [-0.2, 0) is 6.18 Å². The van der Waals surface area contributed by atoms with E-state index in [1.807, 2.05) is 14.0 Å². The molecule has 0 spiro atoms. The number of likely N-dealkylation sites (tertiary alicyclic amines) is 1. The number of alkyl halides is 3. The van der Waals surface area contributed by atoms with Gasteiger partial charge in [0.15, 0.2) is 0 Å². The minimum absolute atomic E-state index is 0.169. The van der Waals surface area contributed by atoms with Gasteiger partial charge in [-0.1, -0.05) is 6.92 Å². The normalized spacial score (nSPS) is 22.2. The molecule has 1 aromatic carbocycles. The van der Waals surface area contributed by atoms with E-state index in [9.17, 15) is 23.4 Å². The Bertz CT molecular complexity index is 872. The van der Waals surface area contributed by atoms with Gasteiger partial charge in [0, 0.05) is 17.5 Å². The van der Waals surface area contributed by atoms with E-state index in [2.05, 4.69) is 15.1 Å². The molecule has 1 saturated heterocycles. The zero-order valence-electron chi connectivity index (χ0n) is 16.1. The highest BCUT2D eigenvalue weighted by molar-refractivity contribution is 5.69. The van der Waals surface area contributed by atoms with E-state index in [-0.39, 0.29) is 16.7 Å². The molecule has 3 rings (SSSR count). The Balaban J connectivity index is 1.91. The van der Waals surface area contributed by atoms with E-state index in [1.165, 1.54) is 6.07 Å². The Labute approximate surface area is 161 Å². The predicted octanol–water partition coefficient (Wildman–Crippen LogP) is 3.94. The number of rotatable bonds is 3. The Morgan fingerprint density at radius 3 is 2.50 bits per heavy atom. The molecule has 152 valence electrons. The zero-order valence-corrected chi connectivity index (χ0v) is 16.1. The maximum Gasteiger partial charge on any atom is 0.416 e. The summed E-state index contributed by atoms with van der Waals surface area (Å²) in [5.41, 5.74) is 0.209.